The quantitative estimate of drug-likeness (QED) is 0.756. The zero-order chi connectivity index (χ0) is 20.3. The van der Waals surface area contributed by atoms with Crippen molar-refractivity contribution >= 4 is 29.4 Å². The predicted molar refractivity (Wildman–Crippen MR) is 88.8 cm³/mol. The number of amides is 1. The Morgan fingerprint density at radius 3 is 2.56 bits per heavy atom. The largest absolute Gasteiger partial charge is 0.512 e. The summed E-state index contributed by atoms with van der Waals surface area (Å²) in [7, 11) is 1.08. The number of nitriles is 1. The third-order valence-corrected chi connectivity index (χ3v) is 3.54. The lowest BCUT2D eigenvalue weighted by Gasteiger charge is -2.14. The topological polar surface area (TPSA) is 122 Å². The van der Waals surface area contributed by atoms with Crippen LogP contribution in [0.4, 0.5) is 19.3 Å². The molecule has 27 heavy (non-hydrogen) atoms. The number of carboxylic acid groups (broad SMARTS) is 1. The van der Waals surface area contributed by atoms with Gasteiger partial charge in [0, 0.05) is 6.92 Å². The first kappa shape index (κ1) is 19.9. The molecule has 8 nitrogen and oxygen atoms in total. The van der Waals surface area contributed by atoms with Crippen LogP contribution >= 0.6 is 11.6 Å². The van der Waals surface area contributed by atoms with Crippen molar-refractivity contribution in [3.8, 4) is 29.0 Å². The summed E-state index contributed by atoms with van der Waals surface area (Å²) in [6.07, 6.45) is -1.78. The molecule has 0 aliphatic rings. The van der Waals surface area contributed by atoms with E-state index in [-0.39, 0.29) is 5.69 Å². The second-order valence-electron chi connectivity index (χ2n) is 4.96. The Bertz CT molecular complexity index is 954. The van der Waals surface area contributed by atoms with Gasteiger partial charge in [-0.2, -0.15) is 5.26 Å². The Hall–Kier alpha value is -3.45. The molecule has 2 N–H and O–H groups in total. The van der Waals surface area contributed by atoms with Crippen molar-refractivity contribution in [3.63, 3.8) is 0 Å². The number of pyridine rings is 1. The van der Waals surface area contributed by atoms with Crippen LogP contribution in [0.15, 0.2) is 12.1 Å². The van der Waals surface area contributed by atoms with Gasteiger partial charge in [0.2, 0.25) is 11.8 Å². The van der Waals surface area contributed by atoms with Gasteiger partial charge in [-0.15, -0.1) is 0 Å². The number of rotatable bonds is 4. The van der Waals surface area contributed by atoms with Crippen LogP contribution in [-0.4, -0.2) is 29.3 Å². The standard InChI is InChI=1S/C16H10ClF2N3O5/c1-6(23)21-10-4-9(22-15(12(10)17)27-16(24)25)11-8(18)3-7(5-20)14(26-2)13(11)19/h3-4H,1-2H3,(H,24,25)(H,21,22,23). The van der Waals surface area contributed by atoms with Crippen molar-refractivity contribution in [2.24, 2.45) is 0 Å². The fourth-order valence-corrected chi connectivity index (χ4v) is 2.37. The maximum Gasteiger partial charge on any atom is 0.512 e. The van der Waals surface area contributed by atoms with Crippen LogP contribution < -0.4 is 14.8 Å². The average molecular weight is 398 g/mol. The van der Waals surface area contributed by atoms with Gasteiger partial charge >= 0.3 is 6.16 Å². The third-order valence-electron chi connectivity index (χ3n) is 3.18. The minimum absolute atomic E-state index is 0.187. The predicted octanol–water partition coefficient (Wildman–Crippen LogP) is 3.58. The number of aromatic nitrogens is 1. The van der Waals surface area contributed by atoms with Crippen LogP contribution in [0.2, 0.25) is 5.02 Å². The Kier molecular flexibility index (Phi) is 5.77. The summed E-state index contributed by atoms with van der Waals surface area (Å²) in [4.78, 5) is 25.8. The van der Waals surface area contributed by atoms with Gasteiger partial charge < -0.3 is 19.9 Å². The molecule has 0 aliphatic heterocycles. The van der Waals surface area contributed by atoms with E-state index in [1.165, 1.54) is 0 Å². The molecular formula is C16H10ClF2N3O5. The number of anilines is 1. The number of hydrogen-bond acceptors (Lipinski definition) is 6. The Morgan fingerprint density at radius 2 is 2.04 bits per heavy atom. The van der Waals surface area contributed by atoms with Crippen molar-refractivity contribution < 1.29 is 33.0 Å². The van der Waals surface area contributed by atoms with E-state index in [2.05, 4.69) is 15.0 Å². The number of ether oxygens (including phenoxy) is 2. The summed E-state index contributed by atoms with van der Waals surface area (Å²) in [6.45, 7) is 1.14. The zero-order valence-electron chi connectivity index (χ0n) is 13.8. The highest BCUT2D eigenvalue weighted by molar-refractivity contribution is 6.35. The highest BCUT2D eigenvalue weighted by Crippen LogP contribution is 2.39. The number of benzene rings is 1. The molecular weight excluding hydrogens is 388 g/mol. The molecule has 11 heteroatoms. The molecule has 0 fully saturated rings. The van der Waals surface area contributed by atoms with Gasteiger partial charge in [0.15, 0.2) is 11.6 Å². The van der Waals surface area contributed by atoms with E-state index in [4.69, 9.17) is 26.7 Å². The summed E-state index contributed by atoms with van der Waals surface area (Å²) in [5.41, 5.74) is -1.76. The van der Waals surface area contributed by atoms with E-state index in [0.717, 1.165) is 26.2 Å². The van der Waals surface area contributed by atoms with Crippen LogP contribution in [-0.2, 0) is 4.79 Å². The lowest BCUT2D eigenvalue weighted by atomic mass is 10.0. The molecule has 0 saturated carbocycles. The Labute approximate surface area is 155 Å². The number of carbonyl (C=O) groups is 2. The minimum Gasteiger partial charge on any atom is -0.492 e. The number of nitrogens with zero attached hydrogens (tertiary/aromatic N) is 2. The molecule has 140 valence electrons. The first-order valence-corrected chi connectivity index (χ1v) is 7.42. The monoisotopic (exact) mass is 397 g/mol. The number of halogens is 3. The van der Waals surface area contributed by atoms with E-state index >= 15 is 0 Å². The van der Waals surface area contributed by atoms with E-state index in [9.17, 15) is 18.4 Å². The first-order valence-electron chi connectivity index (χ1n) is 7.04. The van der Waals surface area contributed by atoms with E-state index in [0.29, 0.717) is 0 Å². The molecule has 1 amide bonds. The summed E-state index contributed by atoms with van der Waals surface area (Å²) < 4.78 is 38.3. The lowest BCUT2D eigenvalue weighted by molar-refractivity contribution is -0.114. The van der Waals surface area contributed by atoms with Crippen molar-refractivity contribution in [2.45, 2.75) is 6.92 Å². The first-order chi connectivity index (χ1) is 12.7. The normalized spacial score (nSPS) is 10.1. The van der Waals surface area contributed by atoms with Gasteiger partial charge in [-0.25, -0.2) is 18.6 Å². The smallest absolute Gasteiger partial charge is 0.492 e. The molecule has 0 radical (unpaired) electrons. The number of methoxy groups -OCH3 is 1. The number of nitrogens with one attached hydrogen (secondary N) is 1. The van der Waals surface area contributed by atoms with E-state index in [1.807, 2.05) is 0 Å². The molecule has 2 rings (SSSR count). The van der Waals surface area contributed by atoms with Crippen molar-refractivity contribution in [1.29, 1.82) is 5.26 Å². The maximum absolute atomic E-state index is 14.7. The summed E-state index contributed by atoms with van der Waals surface area (Å²) >= 11 is 5.92. The highest BCUT2D eigenvalue weighted by atomic mass is 35.5. The number of hydrogen-bond donors (Lipinski definition) is 2. The summed E-state index contributed by atoms with van der Waals surface area (Å²) in [5.74, 6) is -4.25. The Balaban J connectivity index is 2.80. The van der Waals surface area contributed by atoms with Gasteiger partial charge in [-0.05, 0) is 12.1 Å². The fraction of sp³-hybridized carbons (Fsp3) is 0.125. The average Bonchev–Trinajstić information content (AvgIpc) is 2.57. The van der Waals surface area contributed by atoms with Gasteiger partial charge in [0.1, 0.15) is 16.9 Å². The molecule has 0 spiro atoms. The van der Waals surface area contributed by atoms with Gasteiger partial charge in [0.05, 0.1) is 29.6 Å². The lowest BCUT2D eigenvalue weighted by Crippen LogP contribution is -2.11. The van der Waals surface area contributed by atoms with Crippen molar-refractivity contribution in [1.82, 2.24) is 4.98 Å². The SMILES string of the molecule is COc1c(C#N)cc(F)c(-c2cc(NC(C)=O)c(Cl)c(OC(=O)O)n2)c1F. The fourth-order valence-electron chi connectivity index (χ4n) is 2.18. The Morgan fingerprint density at radius 1 is 1.37 bits per heavy atom. The zero-order valence-corrected chi connectivity index (χ0v) is 14.5. The van der Waals surface area contributed by atoms with Crippen LogP contribution in [0.3, 0.4) is 0 Å². The van der Waals surface area contributed by atoms with Crippen LogP contribution in [0.1, 0.15) is 12.5 Å². The molecule has 1 aromatic heterocycles. The second-order valence-corrected chi connectivity index (χ2v) is 5.34. The van der Waals surface area contributed by atoms with Gasteiger partial charge in [-0.3, -0.25) is 4.79 Å². The molecule has 0 bridgehead atoms. The van der Waals surface area contributed by atoms with E-state index < -0.39 is 57.2 Å². The third kappa shape index (κ3) is 4.04. The number of carbonyl (C=O) groups excluding carboxylic acids is 1. The molecule has 0 saturated heterocycles. The molecule has 2 aromatic rings. The molecule has 0 aliphatic carbocycles. The van der Waals surface area contributed by atoms with Crippen LogP contribution in [0.25, 0.3) is 11.3 Å². The molecule has 1 heterocycles. The van der Waals surface area contributed by atoms with Gasteiger partial charge in [0.25, 0.3) is 0 Å². The van der Waals surface area contributed by atoms with Crippen molar-refractivity contribution in [2.75, 3.05) is 12.4 Å². The summed E-state index contributed by atoms with van der Waals surface area (Å²) in [5, 5.41) is 19.6. The van der Waals surface area contributed by atoms with Crippen LogP contribution in [0.5, 0.6) is 11.6 Å². The summed E-state index contributed by atoms with van der Waals surface area (Å²) in [6, 6.07) is 3.33. The van der Waals surface area contributed by atoms with E-state index in [1.54, 1.807) is 6.07 Å². The minimum atomic E-state index is -1.78. The second kappa shape index (κ2) is 7.84. The molecule has 0 atom stereocenters. The van der Waals surface area contributed by atoms with Gasteiger partial charge in [-0.1, -0.05) is 11.6 Å². The van der Waals surface area contributed by atoms with Crippen LogP contribution in [0, 0.1) is 23.0 Å². The highest BCUT2D eigenvalue weighted by Gasteiger charge is 2.25. The maximum atomic E-state index is 14.7. The van der Waals surface area contributed by atoms with Crippen molar-refractivity contribution in [3.05, 3.63) is 34.4 Å². The molecule has 0 unspecified atom stereocenters. The molecule has 1 aromatic carbocycles.